The molecule has 5 heteroatoms. The third kappa shape index (κ3) is 3.22. The summed E-state index contributed by atoms with van der Waals surface area (Å²) in [6.45, 7) is 0.850. The first kappa shape index (κ1) is 11.9. The average molecular weight is 240 g/mol. The minimum absolute atomic E-state index is 0.672. The lowest BCUT2D eigenvalue weighted by Gasteiger charge is -2.27. The van der Waals surface area contributed by atoms with E-state index in [9.17, 15) is 0 Å². The van der Waals surface area contributed by atoms with E-state index in [0.29, 0.717) is 6.04 Å². The second-order valence-electron chi connectivity index (χ2n) is 4.47. The smallest absolute Gasteiger partial charge is 0.0964 e. The van der Waals surface area contributed by atoms with Gasteiger partial charge in [0.2, 0.25) is 0 Å². The number of hydrogen-bond acceptors (Lipinski definition) is 4. The number of aromatic nitrogens is 3. The van der Waals surface area contributed by atoms with Gasteiger partial charge in [-0.15, -0.1) is 5.10 Å². The van der Waals surface area contributed by atoms with Gasteiger partial charge in [0.25, 0.3) is 0 Å². The van der Waals surface area contributed by atoms with Crippen molar-refractivity contribution in [2.75, 3.05) is 6.26 Å². The Morgan fingerprint density at radius 3 is 2.75 bits per heavy atom. The van der Waals surface area contributed by atoms with E-state index in [1.807, 2.05) is 25.0 Å². The molecule has 2 rings (SSSR count). The maximum Gasteiger partial charge on any atom is 0.0964 e. The van der Waals surface area contributed by atoms with E-state index in [-0.39, 0.29) is 0 Å². The third-order valence-corrected chi connectivity index (χ3v) is 4.37. The van der Waals surface area contributed by atoms with Gasteiger partial charge in [-0.25, -0.2) is 0 Å². The minimum Gasteiger partial charge on any atom is -0.308 e. The Morgan fingerprint density at radius 1 is 1.44 bits per heavy atom. The molecule has 0 bridgehead atoms. The molecule has 1 heterocycles. The van der Waals surface area contributed by atoms with E-state index in [0.717, 1.165) is 17.5 Å². The zero-order valence-electron chi connectivity index (χ0n) is 10.0. The molecule has 0 radical (unpaired) electrons. The van der Waals surface area contributed by atoms with E-state index in [2.05, 4.69) is 21.9 Å². The van der Waals surface area contributed by atoms with Crippen molar-refractivity contribution in [1.29, 1.82) is 0 Å². The van der Waals surface area contributed by atoms with Crippen molar-refractivity contribution in [3.8, 4) is 0 Å². The molecule has 0 aliphatic heterocycles. The van der Waals surface area contributed by atoms with Gasteiger partial charge in [-0.05, 0) is 31.9 Å². The highest BCUT2D eigenvalue weighted by atomic mass is 32.2. The summed E-state index contributed by atoms with van der Waals surface area (Å²) in [6, 6.07) is 0.672. The molecular formula is C11H20N4S. The van der Waals surface area contributed by atoms with Crippen LogP contribution >= 0.6 is 11.8 Å². The Hall–Kier alpha value is -0.550. The molecule has 0 spiro atoms. The molecule has 4 nitrogen and oxygen atoms in total. The number of nitrogens with one attached hydrogen (secondary N) is 1. The highest BCUT2D eigenvalue weighted by Crippen LogP contribution is 2.26. The van der Waals surface area contributed by atoms with Crippen LogP contribution in [0.5, 0.6) is 0 Å². The quantitative estimate of drug-likeness (QED) is 0.867. The molecule has 0 saturated heterocycles. The second-order valence-corrected chi connectivity index (χ2v) is 5.61. The summed E-state index contributed by atoms with van der Waals surface area (Å²) in [5, 5.41) is 12.5. The van der Waals surface area contributed by atoms with Crippen LogP contribution in [-0.4, -0.2) is 32.5 Å². The lowest BCUT2D eigenvalue weighted by atomic mass is 9.95. The SMILES string of the molecule is CSC1CCC(NCc2cn(C)nn2)CC1. The Morgan fingerprint density at radius 2 is 2.19 bits per heavy atom. The summed E-state index contributed by atoms with van der Waals surface area (Å²) >= 11 is 2.01. The molecule has 90 valence electrons. The highest BCUT2D eigenvalue weighted by Gasteiger charge is 2.19. The molecule has 0 amide bonds. The van der Waals surface area contributed by atoms with E-state index in [4.69, 9.17) is 0 Å². The van der Waals surface area contributed by atoms with Crippen molar-refractivity contribution >= 4 is 11.8 Å². The first-order chi connectivity index (χ1) is 7.78. The Balaban J connectivity index is 1.71. The van der Waals surface area contributed by atoms with Crippen LogP contribution in [0.3, 0.4) is 0 Å². The number of rotatable bonds is 4. The van der Waals surface area contributed by atoms with Crippen LogP contribution in [0.25, 0.3) is 0 Å². The summed E-state index contributed by atoms with van der Waals surface area (Å²) in [4.78, 5) is 0. The summed E-state index contributed by atoms with van der Waals surface area (Å²) in [6.07, 6.45) is 9.48. The zero-order chi connectivity index (χ0) is 11.4. The lowest BCUT2D eigenvalue weighted by Crippen LogP contribution is -2.33. The van der Waals surface area contributed by atoms with Crippen LogP contribution in [-0.2, 0) is 13.6 Å². The van der Waals surface area contributed by atoms with Crippen LogP contribution in [0, 0.1) is 0 Å². The molecular weight excluding hydrogens is 220 g/mol. The fourth-order valence-electron chi connectivity index (χ4n) is 2.23. The fourth-order valence-corrected chi connectivity index (χ4v) is 2.97. The van der Waals surface area contributed by atoms with E-state index >= 15 is 0 Å². The fraction of sp³-hybridized carbons (Fsp3) is 0.818. The lowest BCUT2D eigenvalue weighted by molar-refractivity contribution is 0.377. The molecule has 1 N–H and O–H groups in total. The highest BCUT2D eigenvalue weighted by molar-refractivity contribution is 7.99. The normalized spacial score (nSPS) is 25.9. The van der Waals surface area contributed by atoms with Gasteiger partial charge < -0.3 is 5.32 Å². The van der Waals surface area contributed by atoms with Gasteiger partial charge >= 0.3 is 0 Å². The second kappa shape index (κ2) is 5.68. The minimum atomic E-state index is 0.672. The molecule has 0 atom stereocenters. The maximum atomic E-state index is 4.08. The summed E-state index contributed by atoms with van der Waals surface area (Å²) in [7, 11) is 1.90. The van der Waals surface area contributed by atoms with Gasteiger partial charge in [0, 0.05) is 31.1 Å². The molecule has 1 aliphatic rings. The standard InChI is InChI=1S/C11H20N4S/c1-15-8-10(13-14-15)7-12-9-3-5-11(16-2)6-4-9/h8-9,11-12H,3-7H2,1-2H3. The molecule has 0 unspecified atom stereocenters. The van der Waals surface area contributed by atoms with Gasteiger partial charge in [0.05, 0.1) is 5.69 Å². The number of aryl methyl sites for hydroxylation is 1. The number of nitrogens with zero attached hydrogens (tertiary/aromatic N) is 3. The molecule has 1 fully saturated rings. The molecule has 16 heavy (non-hydrogen) atoms. The van der Waals surface area contributed by atoms with E-state index in [1.54, 1.807) is 4.68 Å². The number of hydrogen-bond donors (Lipinski definition) is 1. The first-order valence-corrected chi connectivity index (χ1v) is 7.18. The Kier molecular flexibility index (Phi) is 4.23. The molecule has 1 saturated carbocycles. The van der Waals surface area contributed by atoms with Crippen molar-refractivity contribution in [3.63, 3.8) is 0 Å². The molecule has 1 aromatic heterocycles. The number of thioether (sulfide) groups is 1. The van der Waals surface area contributed by atoms with Crippen LogP contribution in [0.15, 0.2) is 6.20 Å². The van der Waals surface area contributed by atoms with Crippen LogP contribution < -0.4 is 5.32 Å². The Bertz CT molecular complexity index is 318. The topological polar surface area (TPSA) is 42.7 Å². The van der Waals surface area contributed by atoms with Gasteiger partial charge in [0.1, 0.15) is 0 Å². The maximum absolute atomic E-state index is 4.08. The molecule has 1 aliphatic carbocycles. The largest absolute Gasteiger partial charge is 0.308 e. The predicted octanol–water partition coefficient (Wildman–Crippen LogP) is 1.58. The predicted molar refractivity (Wildman–Crippen MR) is 67.4 cm³/mol. The van der Waals surface area contributed by atoms with Gasteiger partial charge in [-0.1, -0.05) is 5.21 Å². The van der Waals surface area contributed by atoms with Crippen molar-refractivity contribution in [1.82, 2.24) is 20.3 Å². The van der Waals surface area contributed by atoms with Gasteiger partial charge in [-0.2, -0.15) is 11.8 Å². The van der Waals surface area contributed by atoms with E-state index < -0.39 is 0 Å². The monoisotopic (exact) mass is 240 g/mol. The van der Waals surface area contributed by atoms with Crippen molar-refractivity contribution in [2.24, 2.45) is 7.05 Å². The molecule has 1 aromatic rings. The van der Waals surface area contributed by atoms with Crippen LogP contribution in [0.1, 0.15) is 31.4 Å². The van der Waals surface area contributed by atoms with Gasteiger partial charge in [-0.3, -0.25) is 4.68 Å². The van der Waals surface area contributed by atoms with Crippen LogP contribution in [0.2, 0.25) is 0 Å². The molecule has 0 aromatic carbocycles. The third-order valence-electron chi connectivity index (χ3n) is 3.23. The van der Waals surface area contributed by atoms with Crippen LogP contribution in [0.4, 0.5) is 0 Å². The van der Waals surface area contributed by atoms with E-state index in [1.165, 1.54) is 25.7 Å². The van der Waals surface area contributed by atoms with Gasteiger partial charge in [0.15, 0.2) is 0 Å². The summed E-state index contributed by atoms with van der Waals surface area (Å²) in [5.41, 5.74) is 1.04. The van der Waals surface area contributed by atoms with Crippen molar-refractivity contribution in [2.45, 2.75) is 43.5 Å². The van der Waals surface area contributed by atoms with Crippen molar-refractivity contribution < 1.29 is 0 Å². The average Bonchev–Trinajstić information content (AvgIpc) is 2.73. The summed E-state index contributed by atoms with van der Waals surface area (Å²) in [5.74, 6) is 0. The first-order valence-electron chi connectivity index (χ1n) is 5.89. The Labute approximate surface area is 101 Å². The summed E-state index contributed by atoms with van der Waals surface area (Å²) < 4.78 is 1.75. The van der Waals surface area contributed by atoms with Crippen molar-refractivity contribution in [3.05, 3.63) is 11.9 Å². The zero-order valence-corrected chi connectivity index (χ0v) is 10.8.